The van der Waals surface area contributed by atoms with Crippen LogP contribution in [0.1, 0.15) is 0 Å². The van der Waals surface area contributed by atoms with Gasteiger partial charge in [0.15, 0.2) is 0 Å². The van der Waals surface area contributed by atoms with Crippen LogP contribution in [0.3, 0.4) is 0 Å². The molecule has 0 aliphatic heterocycles. The second-order valence-corrected chi connectivity index (χ2v) is 4.25. The van der Waals surface area contributed by atoms with Crippen molar-refractivity contribution < 1.29 is 26.6 Å². The van der Waals surface area contributed by atoms with Crippen molar-refractivity contribution in [3.8, 4) is 0 Å². The molecule has 0 bridgehead atoms. The summed E-state index contributed by atoms with van der Waals surface area (Å²) in [6, 6.07) is 0. The summed E-state index contributed by atoms with van der Waals surface area (Å²) in [5.41, 5.74) is -2.01. The summed E-state index contributed by atoms with van der Waals surface area (Å²) in [5.74, 6) is 0. The average molecular weight is 217 g/mol. The van der Waals surface area contributed by atoms with Crippen molar-refractivity contribution >= 4 is 18.6 Å². The Kier molecular flexibility index (Phi) is 4.22. The topological polar surface area (TPSA) is 78.9 Å². The Hall–Kier alpha value is -0.0700. The van der Waals surface area contributed by atoms with Crippen LogP contribution in [0, 0.1) is 0 Å². The summed E-state index contributed by atoms with van der Waals surface area (Å²) in [6.07, 6.45) is 0.805. The standard InChI is InChI=1S/C4H9O6PS/c1-8-4(9-2,11-5)10-12(3,6)7/h1-3H3/p+1. The van der Waals surface area contributed by atoms with E-state index in [-0.39, 0.29) is 0 Å². The Balaban J connectivity index is 4.64. The van der Waals surface area contributed by atoms with Gasteiger partial charge in [-0.2, -0.15) is 12.6 Å². The van der Waals surface area contributed by atoms with Crippen LogP contribution >= 0.6 is 8.46 Å². The molecule has 1 unspecified atom stereocenters. The SMILES string of the molecule is COC(OC)(OS(C)(=O)=O)[PH+]=O. The van der Waals surface area contributed by atoms with Gasteiger partial charge >= 0.3 is 14.2 Å². The molecule has 0 N–H and O–H groups in total. The molecule has 1 atom stereocenters. The molecule has 0 saturated heterocycles. The van der Waals surface area contributed by atoms with E-state index in [1.807, 2.05) is 0 Å². The van der Waals surface area contributed by atoms with Gasteiger partial charge in [-0.05, 0) is 0 Å². The molecule has 0 heterocycles. The fourth-order valence-electron chi connectivity index (χ4n) is 0.451. The highest BCUT2D eigenvalue weighted by Crippen LogP contribution is 2.27. The summed E-state index contributed by atoms with van der Waals surface area (Å²) in [6.45, 7) is 0. The third-order valence-electron chi connectivity index (χ3n) is 0.924. The van der Waals surface area contributed by atoms with E-state index in [1.165, 1.54) is 0 Å². The minimum Gasteiger partial charge on any atom is -0.288 e. The van der Waals surface area contributed by atoms with Crippen LogP contribution in [0.25, 0.3) is 0 Å². The fraction of sp³-hybridized carbons (Fsp3) is 1.00. The van der Waals surface area contributed by atoms with Gasteiger partial charge in [0.1, 0.15) is 0 Å². The number of hydrogen-bond acceptors (Lipinski definition) is 6. The summed E-state index contributed by atoms with van der Waals surface area (Å²) >= 11 is 0. The van der Waals surface area contributed by atoms with Crippen molar-refractivity contribution in [3.63, 3.8) is 0 Å². The van der Waals surface area contributed by atoms with Crippen molar-refractivity contribution in [1.29, 1.82) is 0 Å². The maximum atomic E-state index is 10.6. The third kappa shape index (κ3) is 3.55. The lowest BCUT2D eigenvalue weighted by Gasteiger charge is -2.14. The maximum Gasteiger partial charge on any atom is 0.509 e. The van der Waals surface area contributed by atoms with Gasteiger partial charge in [-0.15, -0.1) is 0 Å². The second-order valence-electron chi connectivity index (χ2n) is 1.85. The molecule has 12 heavy (non-hydrogen) atoms. The van der Waals surface area contributed by atoms with E-state index >= 15 is 0 Å². The zero-order valence-corrected chi connectivity index (χ0v) is 8.67. The van der Waals surface area contributed by atoms with Gasteiger partial charge in [-0.3, -0.25) is 9.47 Å². The molecule has 0 aromatic carbocycles. The van der Waals surface area contributed by atoms with Gasteiger partial charge in [0.25, 0.3) is 10.1 Å². The van der Waals surface area contributed by atoms with Gasteiger partial charge in [0.05, 0.1) is 6.26 Å². The zero-order chi connectivity index (χ0) is 9.83. The monoisotopic (exact) mass is 217 g/mol. The van der Waals surface area contributed by atoms with Crippen molar-refractivity contribution in [1.82, 2.24) is 0 Å². The Morgan fingerprint density at radius 2 is 1.67 bits per heavy atom. The predicted octanol–water partition coefficient (Wildman–Crippen LogP) is -0.109. The quantitative estimate of drug-likeness (QED) is 0.363. The highest BCUT2D eigenvalue weighted by atomic mass is 32.2. The normalized spacial score (nSPS) is 13.6. The summed E-state index contributed by atoms with van der Waals surface area (Å²) in [7, 11) is -2.72. The van der Waals surface area contributed by atoms with E-state index < -0.39 is 24.3 Å². The maximum absolute atomic E-state index is 10.6. The van der Waals surface area contributed by atoms with Gasteiger partial charge in [-0.25, -0.2) is 0 Å². The van der Waals surface area contributed by atoms with Crippen molar-refractivity contribution in [3.05, 3.63) is 0 Å². The Bertz CT molecular complexity index is 242. The molecule has 0 saturated carbocycles. The molecule has 0 rings (SSSR count). The lowest BCUT2D eigenvalue weighted by atomic mass is 11.2. The molecule has 8 heteroatoms. The number of ether oxygens (including phenoxy) is 2. The van der Waals surface area contributed by atoms with Crippen molar-refractivity contribution in [2.45, 2.75) is 5.71 Å². The Morgan fingerprint density at radius 3 is 1.75 bits per heavy atom. The van der Waals surface area contributed by atoms with E-state index in [0.29, 0.717) is 0 Å². The van der Waals surface area contributed by atoms with E-state index in [2.05, 4.69) is 13.7 Å². The van der Waals surface area contributed by atoms with Crippen LogP contribution in [0.2, 0.25) is 0 Å². The highest BCUT2D eigenvalue weighted by Gasteiger charge is 2.45. The van der Waals surface area contributed by atoms with Crippen LogP contribution in [0.5, 0.6) is 0 Å². The number of rotatable bonds is 5. The van der Waals surface area contributed by atoms with E-state index in [9.17, 15) is 13.0 Å². The zero-order valence-electron chi connectivity index (χ0n) is 6.86. The predicted molar refractivity (Wildman–Crippen MR) is 41.7 cm³/mol. The van der Waals surface area contributed by atoms with Gasteiger partial charge in [0, 0.05) is 14.2 Å². The largest absolute Gasteiger partial charge is 0.509 e. The lowest BCUT2D eigenvalue weighted by Crippen LogP contribution is -2.32. The minimum absolute atomic E-state index is 0.805. The minimum atomic E-state index is -3.76. The van der Waals surface area contributed by atoms with Gasteiger partial charge < -0.3 is 0 Å². The molecular weight excluding hydrogens is 207 g/mol. The third-order valence-corrected chi connectivity index (χ3v) is 2.35. The molecule has 0 aromatic heterocycles. The van der Waals surface area contributed by atoms with Gasteiger partial charge in [0.2, 0.25) is 0 Å². The van der Waals surface area contributed by atoms with Crippen LogP contribution in [0.4, 0.5) is 0 Å². The van der Waals surface area contributed by atoms with Crippen molar-refractivity contribution in [2.75, 3.05) is 20.5 Å². The van der Waals surface area contributed by atoms with Crippen LogP contribution in [-0.2, 0) is 28.3 Å². The number of hydrogen-bond donors (Lipinski definition) is 0. The molecule has 6 nitrogen and oxygen atoms in total. The lowest BCUT2D eigenvalue weighted by molar-refractivity contribution is -0.253. The molecular formula is C4H10O6PS+. The molecule has 0 spiro atoms. The van der Waals surface area contributed by atoms with E-state index in [0.717, 1.165) is 20.5 Å². The molecule has 0 aliphatic carbocycles. The van der Waals surface area contributed by atoms with Crippen LogP contribution in [-0.4, -0.2) is 34.6 Å². The van der Waals surface area contributed by atoms with Crippen molar-refractivity contribution in [2.24, 2.45) is 0 Å². The average Bonchev–Trinajstić information content (AvgIpc) is 1.99. The second kappa shape index (κ2) is 4.25. The Morgan fingerprint density at radius 1 is 1.25 bits per heavy atom. The van der Waals surface area contributed by atoms with Gasteiger partial charge in [-0.1, -0.05) is 4.57 Å². The molecule has 0 radical (unpaired) electrons. The first kappa shape index (κ1) is 11.9. The smallest absolute Gasteiger partial charge is 0.288 e. The van der Waals surface area contributed by atoms with Crippen LogP contribution < -0.4 is 0 Å². The molecule has 0 amide bonds. The summed E-state index contributed by atoms with van der Waals surface area (Å²) in [4.78, 5) is 0. The van der Waals surface area contributed by atoms with E-state index in [1.54, 1.807) is 0 Å². The first-order chi connectivity index (χ1) is 5.39. The van der Waals surface area contributed by atoms with E-state index in [4.69, 9.17) is 0 Å². The first-order valence-corrected chi connectivity index (χ1v) is 5.52. The molecule has 0 fully saturated rings. The summed E-state index contributed by atoms with van der Waals surface area (Å²) in [5, 5.41) is 0. The number of methoxy groups -OCH3 is 2. The van der Waals surface area contributed by atoms with Crippen LogP contribution in [0.15, 0.2) is 0 Å². The summed E-state index contributed by atoms with van der Waals surface area (Å²) < 4.78 is 45.0. The highest BCUT2D eigenvalue weighted by molar-refractivity contribution is 7.86. The Labute approximate surface area is 72.1 Å². The molecule has 0 aliphatic rings. The first-order valence-electron chi connectivity index (χ1n) is 2.79. The molecule has 0 aromatic rings. The molecule has 72 valence electrons. The fourth-order valence-corrected chi connectivity index (χ4v) is 1.74.